The van der Waals surface area contributed by atoms with Crippen LogP contribution in [-0.2, 0) is 18.5 Å². The summed E-state index contributed by atoms with van der Waals surface area (Å²) >= 11 is 0. The third kappa shape index (κ3) is 4.33. The number of methoxy groups -OCH3 is 1. The molecular weight excluding hydrogens is 258 g/mol. The first-order valence-corrected chi connectivity index (χ1v) is 7.43. The summed E-state index contributed by atoms with van der Waals surface area (Å²) in [5.41, 5.74) is 4.07. The van der Waals surface area contributed by atoms with E-state index in [1.54, 1.807) is 7.11 Å². The maximum atomic E-state index is 5.36. The molecule has 0 fully saturated rings. The van der Waals surface area contributed by atoms with Crippen LogP contribution in [0.4, 0.5) is 0 Å². The van der Waals surface area contributed by atoms with E-state index in [0.717, 1.165) is 18.8 Å². The van der Waals surface area contributed by atoms with Crippen LogP contribution in [0.5, 0.6) is 5.75 Å². The summed E-state index contributed by atoms with van der Waals surface area (Å²) in [6.07, 6.45) is 0. The fraction of sp³-hybridized carbons (Fsp3) is 0.368. The Bertz CT molecular complexity index is 567. The van der Waals surface area contributed by atoms with E-state index in [1.165, 1.54) is 16.7 Å². The molecule has 0 amide bonds. The summed E-state index contributed by atoms with van der Waals surface area (Å²) in [5.74, 6) is 0.938. The van der Waals surface area contributed by atoms with Gasteiger partial charge >= 0.3 is 0 Å². The minimum Gasteiger partial charge on any atom is -0.496 e. The van der Waals surface area contributed by atoms with Gasteiger partial charge in [-0.1, -0.05) is 63.2 Å². The van der Waals surface area contributed by atoms with Crippen molar-refractivity contribution >= 4 is 0 Å². The van der Waals surface area contributed by atoms with Crippen LogP contribution in [-0.4, -0.2) is 7.11 Å². The zero-order valence-corrected chi connectivity index (χ0v) is 13.4. The lowest BCUT2D eigenvalue weighted by atomic mass is 9.87. The number of hydrogen-bond donors (Lipinski definition) is 1. The monoisotopic (exact) mass is 283 g/mol. The van der Waals surface area contributed by atoms with Crippen LogP contribution in [0.15, 0.2) is 48.5 Å². The van der Waals surface area contributed by atoms with E-state index in [2.05, 4.69) is 56.4 Å². The van der Waals surface area contributed by atoms with Crippen LogP contribution in [0.1, 0.15) is 37.5 Å². The summed E-state index contributed by atoms with van der Waals surface area (Å²) in [5, 5.41) is 3.47. The van der Waals surface area contributed by atoms with Gasteiger partial charge in [0.25, 0.3) is 0 Å². The highest BCUT2D eigenvalue weighted by Crippen LogP contribution is 2.22. The van der Waals surface area contributed by atoms with Crippen LogP contribution in [0.3, 0.4) is 0 Å². The average Bonchev–Trinajstić information content (AvgIpc) is 2.47. The van der Waals surface area contributed by atoms with E-state index in [9.17, 15) is 0 Å². The van der Waals surface area contributed by atoms with E-state index in [1.807, 2.05) is 18.2 Å². The van der Waals surface area contributed by atoms with Crippen LogP contribution in [0.2, 0.25) is 0 Å². The molecule has 0 aliphatic rings. The molecule has 0 unspecified atom stereocenters. The van der Waals surface area contributed by atoms with Crippen molar-refractivity contribution in [1.29, 1.82) is 0 Å². The first-order valence-electron chi connectivity index (χ1n) is 7.43. The zero-order valence-electron chi connectivity index (χ0n) is 13.4. The van der Waals surface area contributed by atoms with Crippen molar-refractivity contribution in [3.8, 4) is 5.75 Å². The van der Waals surface area contributed by atoms with Crippen LogP contribution in [0.25, 0.3) is 0 Å². The van der Waals surface area contributed by atoms with Gasteiger partial charge in [-0.2, -0.15) is 0 Å². The van der Waals surface area contributed by atoms with Crippen molar-refractivity contribution in [2.75, 3.05) is 7.11 Å². The smallest absolute Gasteiger partial charge is 0.123 e. The van der Waals surface area contributed by atoms with Crippen molar-refractivity contribution in [3.63, 3.8) is 0 Å². The summed E-state index contributed by atoms with van der Waals surface area (Å²) in [7, 11) is 1.71. The highest BCUT2D eigenvalue weighted by molar-refractivity contribution is 5.33. The Morgan fingerprint density at radius 1 is 0.905 bits per heavy atom. The van der Waals surface area contributed by atoms with Gasteiger partial charge in [0.05, 0.1) is 7.11 Å². The molecule has 0 bridgehead atoms. The Hall–Kier alpha value is -1.80. The molecular formula is C19H25NO. The Balaban J connectivity index is 1.92. The summed E-state index contributed by atoms with van der Waals surface area (Å²) in [4.78, 5) is 0. The first kappa shape index (κ1) is 15.6. The molecule has 2 rings (SSSR count). The fourth-order valence-corrected chi connectivity index (χ4v) is 2.31. The molecule has 2 aromatic carbocycles. The highest BCUT2D eigenvalue weighted by Gasteiger charge is 2.12. The number of hydrogen-bond acceptors (Lipinski definition) is 2. The lowest BCUT2D eigenvalue weighted by molar-refractivity contribution is 0.407. The molecule has 0 heterocycles. The topological polar surface area (TPSA) is 21.3 Å². The third-order valence-electron chi connectivity index (χ3n) is 3.66. The lowest BCUT2D eigenvalue weighted by Crippen LogP contribution is -2.14. The van der Waals surface area contributed by atoms with Gasteiger partial charge in [-0.25, -0.2) is 0 Å². The van der Waals surface area contributed by atoms with Crippen LogP contribution in [0, 0.1) is 0 Å². The molecule has 0 atom stereocenters. The molecule has 21 heavy (non-hydrogen) atoms. The molecule has 112 valence electrons. The zero-order chi connectivity index (χ0) is 15.3. The second-order valence-corrected chi connectivity index (χ2v) is 6.36. The second kappa shape index (κ2) is 6.77. The summed E-state index contributed by atoms with van der Waals surface area (Å²) < 4.78 is 5.36. The van der Waals surface area contributed by atoms with Gasteiger partial charge in [0, 0.05) is 18.7 Å². The van der Waals surface area contributed by atoms with Gasteiger partial charge in [-0.15, -0.1) is 0 Å². The normalized spacial score (nSPS) is 11.4. The summed E-state index contributed by atoms with van der Waals surface area (Å²) in [6, 6.07) is 17.0. The number of ether oxygens (including phenoxy) is 1. The molecule has 0 aliphatic heterocycles. The molecule has 2 aromatic rings. The molecule has 1 N–H and O–H groups in total. The molecule has 0 aromatic heterocycles. The largest absolute Gasteiger partial charge is 0.496 e. The minimum atomic E-state index is 0.212. The van der Waals surface area contributed by atoms with Crippen LogP contribution < -0.4 is 10.1 Å². The van der Waals surface area contributed by atoms with Crippen molar-refractivity contribution in [1.82, 2.24) is 5.32 Å². The van der Waals surface area contributed by atoms with Gasteiger partial charge in [-0.3, -0.25) is 0 Å². The summed E-state index contributed by atoms with van der Waals surface area (Å²) in [6.45, 7) is 8.39. The maximum absolute atomic E-state index is 5.36. The van der Waals surface area contributed by atoms with Gasteiger partial charge < -0.3 is 10.1 Å². The van der Waals surface area contributed by atoms with E-state index in [-0.39, 0.29) is 5.41 Å². The van der Waals surface area contributed by atoms with E-state index in [0.29, 0.717) is 0 Å². The standard InChI is InChI=1S/C19H25NO/c1-19(2,3)17-11-9-15(10-12-17)13-20-14-16-7-5-6-8-18(16)21-4/h5-12,20H,13-14H2,1-4H3. The quantitative estimate of drug-likeness (QED) is 0.884. The molecule has 0 saturated heterocycles. The number of para-hydroxylation sites is 1. The van der Waals surface area contributed by atoms with Gasteiger partial charge in [0.15, 0.2) is 0 Å². The molecule has 2 heteroatoms. The first-order chi connectivity index (χ1) is 10.0. The third-order valence-corrected chi connectivity index (χ3v) is 3.66. The van der Waals surface area contributed by atoms with Gasteiger partial charge in [0.1, 0.15) is 5.75 Å². The van der Waals surface area contributed by atoms with Crippen molar-refractivity contribution < 1.29 is 4.74 Å². The molecule has 0 aliphatic carbocycles. The van der Waals surface area contributed by atoms with Gasteiger partial charge in [-0.05, 0) is 22.6 Å². The van der Waals surface area contributed by atoms with Gasteiger partial charge in [0.2, 0.25) is 0 Å². The average molecular weight is 283 g/mol. The highest BCUT2D eigenvalue weighted by atomic mass is 16.5. The molecule has 0 saturated carbocycles. The Kier molecular flexibility index (Phi) is 5.03. The van der Waals surface area contributed by atoms with E-state index < -0.39 is 0 Å². The predicted octanol–water partition coefficient (Wildman–Crippen LogP) is 4.28. The SMILES string of the molecule is COc1ccccc1CNCc1ccc(C(C)(C)C)cc1. The number of nitrogens with one attached hydrogen (secondary N) is 1. The molecule has 0 radical (unpaired) electrons. The van der Waals surface area contributed by atoms with Crippen molar-refractivity contribution in [3.05, 3.63) is 65.2 Å². The second-order valence-electron chi connectivity index (χ2n) is 6.36. The molecule has 2 nitrogen and oxygen atoms in total. The number of benzene rings is 2. The van der Waals surface area contributed by atoms with Crippen molar-refractivity contribution in [2.45, 2.75) is 39.3 Å². The lowest BCUT2D eigenvalue weighted by Gasteiger charge is -2.19. The van der Waals surface area contributed by atoms with Crippen LogP contribution >= 0.6 is 0 Å². The number of rotatable bonds is 5. The predicted molar refractivity (Wildman–Crippen MR) is 88.7 cm³/mol. The Morgan fingerprint density at radius 2 is 1.57 bits per heavy atom. The molecule has 0 spiro atoms. The van der Waals surface area contributed by atoms with E-state index in [4.69, 9.17) is 4.74 Å². The Labute approximate surface area is 128 Å². The maximum Gasteiger partial charge on any atom is 0.123 e. The van der Waals surface area contributed by atoms with Crippen molar-refractivity contribution in [2.24, 2.45) is 0 Å². The minimum absolute atomic E-state index is 0.212. The van der Waals surface area contributed by atoms with E-state index >= 15 is 0 Å². The fourth-order valence-electron chi connectivity index (χ4n) is 2.31. The Morgan fingerprint density at radius 3 is 2.19 bits per heavy atom.